The van der Waals surface area contributed by atoms with Crippen molar-refractivity contribution in [2.75, 3.05) is 26.1 Å². The summed E-state index contributed by atoms with van der Waals surface area (Å²) in [5.74, 6) is 1.79. The Morgan fingerprint density at radius 1 is 1.15 bits per heavy atom. The number of benzene rings is 1. The van der Waals surface area contributed by atoms with Crippen molar-refractivity contribution in [2.24, 2.45) is 5.92 Å². The van der Waals surface area contributed by atoms with Gasteiger partial charge in [-0.3, -0.25) is 4.79 Å². The number of nitrogens with one attached hydrogen (secondary N) is 2. The van der Waals surface area contributed by atoms with Crippen LogP contribution in [-0.2, 0) is 0 Å². The summed E-state index contributed by atoms with van der Waals surface area (Å²) in [5, 5.41) is 6.35. The highest BCUT2D eigenvalue weighted by Gasteiger charge is 2.12. The van der Waals surface area contributed by atoms with E-state index in [-0.39, 0.29) is 11.6 Å². The number of halogens is 1. The SMILES string of the molecule is COc1cc(Nc2cnc(C(=O)NCCC(C)C)cn2)c(OC)cc1Cl. The Balaban J connectivity index is 2.08. The smallest absolute Gasteiger partial charge is 0.271 e. The number of hydrogen-bond donors (Lipinski definition) is 2. The number of nitrogens with zero attached hydrogens (tertiary/aromatic N) is 2. The van der Waals surface area contributed by atoms with E-state index in [0.29, 0.717) is 40.5 Å². The molecule has 0 radical (unpaired) electrons. The topological polar surface area (TPSA) is 85.4 Å². The van der Waals surface area contributed by atoms with Gasteiger partial charge in [0.05, 0.1) is 37.3 Å². The molecule has 7 nitrogen and oxygen atoms in total. The second-order valence-corrected chi connectivity index (χ2v) is 6.44. The fourth-order valence-electron chi connectivity index (χ4n) is 2.17. The maximum atomic E-state index is 12.0. The first-order chi connectivity index (χ1) is 12.4. The molecule has 0 saturated carbocycles. The van der Waals surface area contributed by atoms with E-state index in [0.717, 1.165) is 6.42 Å². The van der Waals surface area contributed by atoms with Crippen LogP contribution in [0.5, 0.6) is 11.5 Å². The van der Waals surface area contributed by atoms with Crippen LogP contribution < -0.4 is 20.1 Å². The second-order valence-electron chi connectivity index (χ2n) is 6.04. The molecule has 0 aliphatic rings. The zero-order valence-corrected chi connectivity index (χ0v) is 16.1. The Morgan fingerprint density at radius 2 is 1.88 bits per heavy atom. The van der Waals surface area contributed by atoms with Crippen molar-refractivity contribution in [1.82, 2.24) is 15.3 Å². The lowest BCUT2D eigenvalue weighted by Gasteiger charge is -2.13. The van der Waals surface area contributed by atoms with Crippen LogP contribution in [0.1, 0.15) is 30.8 Å². The number of hydrogen-bond acceptors (Lipinski definition) is 6. The average molecular weight is 379 g/mol. The normalized spacial score (nSPS) is 10.5. The van der Waals surface area contributed by atoms with Gasteiger partial charge in [0, 0.05) is 18.7 Å². The van der Waals surface area contributed by atoms with E-state index < -0.39 is 0 Å². The van der Waals surface area contributed by atoms with Crippen molar-refractivity contribution in [3.8, 4) is 11.5 Å². The van der Waals surface area contributed by atoms with Gasteiger partial charge in [-0.15, -0.1) is 0 Å². The third-order valence-electron chi connectivity index (χ3n) is 3.63. The second kappa shape index (κ2) is 9.24. The average Bonchev–Trinajstić information content (AvgIpc) is 2.63. The maximum Gasteiger partial charge on any atom is 0.271 e. The lowest BCUT2D eigenvalue weighted by atomic mass is 10.1. The van der Waals surface area contributed by atoms with Crippen LogP contribution >= 0.6 is 11.6 Å². The summed E-state index contributed by atoms with van der Waals surface area (Å²) >= 11 is 6.09. The lowest BCUT2D eigenvalue weighted by molar-refractivity contribution is 0.0946. The van der Waals surface area contributed by atoms with Crippen molar-refractivity contribution in [2.45, 2.75) is 20.3 Å². The molecular weight excluding hydrogens is 356 g/mol. The van der Waals surface area contributed by atoms with E-state index in [1.165, 1.54) is 19.5 Å². The van der Waals surface area contributed by atoms with Crippen LogP contribution in [0.15, 0.2) is 24.5 Å². The van der Waals surface area contributed by atoms with Gasteiger partial charge in [-0.25, -0.2) is 9.97 Å². The molecule has 1 heterocycles. The van der Waals surface area contributed by atoms with Gasteiger partial charge < -0.3 is 20.1 Å². The molecule has 26 heavy (non-hydrogen) atoms. The van der Waals surface area contributed by atoms with Crippen LogP contribution in [0.3, 0.4) is 0 Å². The van der Waals surface area contributed by atoms with Crippen molar-refractivity contribution in [3.05, 3.63) is 35.2 Å². The van der Waals surface area contributed by atoms with Gasteiger partial charge in [0.15, 0.2) is 0 Å². The van der Waals surface area contributed by atoms with Crippen molar-refractivity contribution in [3.63, 3.8) is 0 Å². The summed E-state index contributed by atoms with van der Waals surface area (Å²) in [6.45, 7) is 4.82. The molecule has 1 amide bonds. The summed E-state index contributed by atoms with van der Waals surface area (Å²) < 4.78 is 10.5. The summed E-state index contributed by atoms with van der Waals surface area (Å²) in [6, 6.07) is 3.35. The minimum absolute atomic E-state index is 0.240. The number of aromatic nitrogens is 2. The summed E-state index contributed by atoms with van der Waals surface area (Å²) in [6.07, 6.45) is 3.82. The molecule has 1 aromatic carbocycles. The summed E-state index contributed by atoms with van der Waals surface area (Å²) in [4.78, 5) is 20.4. The van der Waals surface area contributed by atoms with E-state index in [2.05, 4.69) is 34.4 Å². The first-order valence-electron chi connectivity index (χ1n) is 8.23. The minimum atomic E-state index is -0.240. The molecule has 0 aliphatic heterocycles. The van der Waals surface area contributed by atoms with E-state index in [1.54, 1.807) is 19.2 Å². The quantitative estimate of drug-likeness (QED) is 0.729. The predicted molar refractivity (Wildman–Crippen MR) is 102 cm³/mol. The Labute approximate surface area is 158 Å². The molecule has 1 aromatic heterocycles. The number of anilines is 2. The van der Waals surface area contributed by atoms with E-state index in [4.69, 9.17) is 21.1 Å². The number of amides is 1. The number of rotatable bonds is 8. The molecule has 0 bridgehead atoms. The maximum absolute atomic E-state index is 12.0. The van der Waals surface area contributed by atoms with Gasteiger partial charge in [0.25, 0.3) is 5.91 Å². The molecule has 140 valence electrons. The minimum Gasteiger partial charge on any atom is -0.495 e. The van der Waals surface area contributed by atoms with Gasteiger partial charge in [0.2, 0.25) is 0 Å². The number of ether oxygens (including phenoxy) is 2. The first-order valence-corrected chi connectivity index (χ1v) is 8.61. The van der Waals surface area contributed by atoms with Gasteiger partial charge in [-0.05, 0) is 12.3 Å². The van der Waals surface area contributed by atoms with Crippen LogP contribution in [0.25, 0.3) is 0 Å². The van der Waals surface area contributed by atoms with Crippen molar-refractivity contribution >= 4 is 29.0 Å². The monoisotopic (exact) mass is 378 g/mol. The predicted octanol–water partition coefficient (Wildman–Crippen LogP) is 3.67. The lowest BCUT2D eigenvalue weighted by Crippen LogP contribution is -2.26. The Hall–Kier alpha value is -2.54. The molecule has 0 unspecified atom stereocenters. The highest BCUT2D eigenvalue weighted by molar-refractivity contribution is 6.32. The van der Waals surface area contributed by atoms with E-state index in [9.17, 15) is 4.79 Å². The Morgan fingerprint density at radius 3 is 2.46 bits per heavy atom. The fourth-order valence-corrected chi connectivity index (χ4v) is 2.40. The highest BCUT2D eigenvalue weighted by Crippen LogP contribution is 2.36. The number of carbonyl (C=O) groups is 1. The van der Waals surface area contributed by atoms with Crippen LogP contribution in [0, 0.1) is 5.92 Å². The van der Waals surface area contributed by atoms with Gasteiger partial charge in [0.1, 0.15) is 23.0 Å². The van der Waals surface area contributed by atoms with E-state index >= 15 is 0 Å². The van der Waals surface area contributed by atoms with Gasteiger partial charge >= 0.3 is 0 Å². The molecule has 0 saturated heterocycles. The Kier molecular flexibility index (Phi) is 7.03. The number of methoxy groups -OCH3 is 2. The highest BCUT2D eigenvalue weighted by atomic mass is 35.5. The summed E-state index contributed by atoms with van der Waals surface area (Å²) in [5.41, 5.74) is 0.886. The third kappa shape index (κ3) is 5.23. The standard InChI is InChI=1S/C18H23ClN4O3/c1-11(2)5-6-20-18(24)14-9-22-17(10-21-14)23-13-8-15(25-3)12(19)7-16(13)26-4/h7-11H,5-6H2,1-4H3,(H,20,24)(H,22,23). The molecule has 0 fully saturated rings. The van der Waals surface area contributed by atoms with Crippen molar-refractivity contribution in [1.29, 1.82) is 0 Å². The van der Waals surface area contributed by atoms with Gasteiger partial charge in [-0.2, -0.15) is 0 Å². The molecule has 8 heteroatoms. The van der Waals surface area contributed by atoms with Crippen LogP contribution in [0.4, 0.5) is 11.5 Å². The molecule has 2 aromatic rings. The molecule has 2 rings (SSSR count). The van der Waals surface area contributed by atoms with Gasteiger partial charge in [-0.1, -0.05) is 25.4 Å². The molecular formula is C18H23ClN4O3. The zero-order chi connectivity index (χ0) is 19.1. The summed E-state index contributed by atoms with van der Waals surface area (Å²) in [7, 11) is 3.07. The van der Waals surface area contributed by atoms with E-state index in [1.807, 2.05) is 0 Å². The molecule has 0 spiro atoms. The number of carbonyl (C=O) groups excluding carboxylic acids is 1. The largest absolute Gasteiger partial charge is 0.495 e. The molecule has 2 N–H and O–H groups in total. The molecule has 0 aliphatic carbocycles. The zero-order valence-electron chi connectivity index (χ0n) is 15.3. The first kappa shape index (κ1) is 19.8. The Bertz CT molecular complexity index is 751. The van der Waals surface area contributed by atoms with Crippen molar-refractivity contribution < 1.29 is 14.3 Å². The van der Waals surface area contributed by atoms with Crippen LogP contribution in [0.2, 0.25) is 5.02 Å². The van der Waals surface area contributed by atoms with Crippen LogP contribution in [-0.4, -0.2) is 36.6 Å². The fraction of sp³-hybridized carbons (Fsp3) is 0.389. The third-order valence-corrected chi connectivity index (χ3v) is 3.92. The molecule has 0 atom stereocenters.